The Balaban J connectivity index is 1.40. The SMILES string of the molecule is CCCC(NC(=O)C1CC2(CC(c3ccc4c(c3)OCO4)=NO2)CN1C(=O)C(NC(=O)OC1CCOC1)C(C)(C)C)C(=O)C(N)=O. The van der Waals surface area contributed by atoms with Crippen LogP contribution >= 0.6 is 0 Å². The number of carbonyl (C=O) groups is 5. The van der Waals surface area contributed by atoms with Gasteiger partial charge in [0, 0.05) is 24.8 Å². The van der Waals surface area contributed by atoms with Crippen molar-refractivity contribution in [1.29, 1.82) is 0 Å². The first-order valence-corrected chi connectivity index (χ1v) is 15.4. The molecule has 4 heterocycles. The lowest BCUT2D eigenvalue weighted by molar-refractivity contribution is -0.143. The van der Waals surface area contributed by atoms with Crippen LogP contribution in [-0.2, 0) is 33.5 Å². The van der Waals surface area contributed by atoms with Crippen LogP contribution < -0.4 is 25.8 Å². The number of nitrogens with two attached hydrogens (primary N) is 1. The molecule has 4 N–H and O–H groups in total. The third-order valence-electron chi connectivity index (χ3n) is 8.52. The molecule has 15 nitrogen and oxygen atoms in total. The number of oxime groups is 1. The molecule has 5 unspecified atom stereocenters. The molecule has 1 aromatic rings. The van der Waals surface area contributed by atoms with Gasteiger partial charge in [-0.3, -0.25) is 19.2 Å². The maximum atomic E-state index is 14.3. The predicted molar refractivity (Wildman–Crippen MR) is 161 cm³/mol. The van der Waals surface area contributed by atoms with Crippen LogP contribution in [0.3, 0.4) is 0 Å². The molecule has 250 valence electrons. The number of rotatable bonds is 10. The zero-order valence-corrected chi connectivity index (χ0v) is 26.5. The Morgan fingerprint density at radius 3 is 2.59 bits per heavy atom. The molecular weight excluding hydrogens is 602 g/mol. The highest BCUT2D eigenvalue weighted by molar-refractivity contribution is 6.37. The van der Waals surface area contributed by atoms with E-state index in [1.165, 1.54) is 4.90 Å². The van der Waals surface area contributed by atoms with Gasteiger partial charge in [-0.2, -0.15) is 0 Å². The topological polar surface area (TPSA) is 197 Å². The number of benzene rings is 1. The lowest BCUT2D eigenvalue weighted by atomic mass is 9.85. The van der Waals surface area contributed by atoms with Crippen molar-refractivity contribution in [2.45, 2.75) is 89.6 Å². The van der Waals surface area contributed by atoms with E-state index in [4.69, 9.17) is 29.5 Å². The molecule has 0 saturated carbocycles. The summed E-state index contributed by atoms with van der Waals surface area (Å²) in [4.78, 5) is 72.7. The molecule has 5 rings (SSSR count). The van der Waals surface area contributed by atoms with Crippen molar-refractivity contribution in [2.24, 2.45) is 16.3 Å². The van der Waals surface area contributed by atoms with Crippen molar-refractivity contribution >= 4 is 35.3 Å². The van der Waals surface area contributed by atoms with Gasteiger partial charge < -0.3 is 45.1 Å². The highest BCUT2D eigenvalue weighted by Crippen LogP contribution is 2.41. The first-order chi connectivity index (χ1) is 21.8. The summed E-state index contributed by atoms with van der Waals surface area (Å²) in [5, 5.41) is 9.67. The predicted octanol–water partition coefficient (Wildman–Crippen LogP) is 1.15. The fourth-order valence-corrected chi connectivity index (χ4v) is 6.08. The second-order valence-electron chi connectivity index (χ2n) is 13.2. The van der Waals surface area contributed by atoms with Gasteiger partial charge in [0.05, 0.1) is 31.5 Å². The molecule has 1 spiro atoms. The lowest BCUT2D eigenvalue weighted by Gasteiger charge is -2.35. The second kappa shape index (κ2) is 13.1. The Kier molecular flexibility index (Phi) is 9.42. The van der Waals surface area contributed by atoms with Crippen LogP contribution in [0.5, 0.6) is 11.5 Å². The Morgan fingerprint density at radius 1 is 1.15 bits per heavy atom. The van der Waals surface area contributed by atoms with Gasteiger partial charge in [0.1, 0.15) is 18.2 Å². The summed E-state index contributed by atoms with van der Waals surface area (Å²) in [7, 11) is 0. The average Bonchev–Trinajstić information content (AvgIpc) is 3.82. The number of alkyl carbamates (subject to hydrolysis) is 1. The Hall–Kier alpha value is -4.40. The summed E-state index contributed by atoms with van der Waals surface area (Å²) in [6.45, 7) is 7.96. The van der Waals surface area contributed by atoms with E-state index in [0.29, 0.717) is 36.7 Å². The maximum Gasteiger partial charge on any atom is 0.408 e. The number of nitrogens with zero attached hydrogens (tertiary/aromatic N) is 2. The van der Waals surface area contributed by atoms with E-state index in [2.05, 4.69) is 15.8 Å². The van der Waals surface area contributed by atoms with E-state index in [1.807, 2.05) is 6.07 Å². The highest BCUT2D eigenvalue weighted by Gasteiger charge is 2.56. The zero-order chi connectivity index (χ0) is 33.2. The van der Waals surface area contributed by atoms with Gasteiger partial charge in [0.2, 0.25) is 24.4 Å². The summed E-state index contributed by atoms with van der Waals surface area (Å²) < 4.78 is 21.7. The van der Waals surface area contributed by atoms with Crippen molar-refractivity contribution in [1.82, 2.24) is 15.5 Å². The number of amides is 4. The van der Waals surface area contributed by atoms with Crippen molar-refractivity contribution < 1.29 is 47.8 Å². The Morgan fingerprint density at radius 2 is 1.91 bits per heavy atom. The molecule has 46 heavy (non-hydrogen) atoms. The molecule has 4 aliphatic heterocycles. The Bertz CT molecular complexity index is 1420. The van der Waals surface area contributed by atoms with Gasteiger partial charge in [-0.05, 0) is 30.0 Å². The van der Waals surface area contributed by atoms with Crippen LogP contribution in [0, 0.1) is 5.41 Å². The smallest absolute Gasteiger partial charge is 0.408 e. The van der Waals surface area contributed by atoms with Gasteiger partial charge >= 0.3 is 6.09 Å². The zero-order valence-electron chi connectivity index (χ0n) is 26.5. The number of nitrogens with one attached hydrogen (secondary N) is 2. The molecule has 4 aliphatic rings. The molecule has 2 saturated heterocycles. The van der Waals surface area contributed by atoms with Gasteiger partial charge in [-0.15, -0.1) is 0 Å². The number of carbonyl (C=O) groups excluding carboxylic acids is 5. The summed E-state index contributed by atoms with van der Waals surface area (Å²) in [5.41, 5.74) is 4.69. The van der Waals surface area contributed by atoms with Crippen molar-refractivity contribution in [2.75, 3.05) is 26.6 Å². The number of hydrogen-bond acceptors (Lipinski definition) is 11. The average molecular weight is 644 g/mol. The Labute approximate surface area is 266 Å². The fraction of sp³-hybridized carbons (Fsp3) is 0.613. The van der Waals surface area contributed by atoms with E-state index in [0.717, 1.165) is 5.56 Å². The van der Waals surface area contributed by atoms with E-state index in [9.17, 15) is 24.0 Å². The summed E-state index contributed by atoms with van der Waals surface area (Å²) >= 11 is 0. The third-order valence-corrected chi connectivity index (χ3v) is 8.52. The van der Waals surface area contributed by atoms with Crippen LogP contribution in [0.2, 0.25) is 0 Å². The van der Waals surface area contributed by atoms with Crippen LogP contribution in [-0.4, -0.2) is 96.6 Å². The van der Waals surface area contributed by atoms with E-state index in [1.54, 1.807) is 39.8 Å². The standard InChI is InChI=1S/C31H41N5O10/c1-5-6-19(24(37)26(32)38)33-27(39)21-13-31(12-20(35-46-31)17-7-8-22-23(11-17)44-16-43-22)15-36(21)28(40)25(30(2,3)4)34-29(41)45-18-9-10-42-14-18/h7-8,11,18-19,21,25H,5-6,9-10,12-16H2,1-4H3,(H2,32,38)(H,33,39)(H,34,41). The molecule has 0 bridgehead atoms. The van der Waals surface area contributed by atoms with E-state index >= 15 is 0 Å². The summed E-state index contributed by atoms with van der Waals surface area (Å²) in [6, 6.07) is 2.01. The van der Waals surface area contributed by atoms with Crippen molar-refractivity contribution in [3.8, 4) is 11.5 Å². The second-order valence-corrected chi connectivity index (χ2v) is 13.2. The minimum Gasteiger partial charge on any atom is -0.454 e. The molecule has 1 aromatic carbocycles. The number of ketones is 1. The van der Waals surface area contributed by atoms with Gasteiger partial charge in [-0.1, -0.05) is 39.3 Å². The number of hydrogen-bond donors (Lipinski definition) is 3. The number of primary amides is 1. The maximum absolute atomic E-state index is 14.3. The minimum absolute atomic E-state index is 0.0342. The largest absolute Gasteiger partial charge is 0.454 e. The summed E-state index contributed by atoms with van der Waals surface area (Å²) in [6.07, 6.45) is 0.296. The third kappa shape index (κ3) is 7.03. The lowest BCUT2D eigenvalue weighted by Crippen LogP contribution is -2.59. The van der Waals surface area contributed by atoms with Gasteiger partial charge in [-0.25, -0.2) is 4.79 Å². The normalized spacial score (nSPS) is 24.6. The van der Waals surface area contributed by atoms with Crippen molar-refractivity contribution in [3.05, 3.63) is 23.8 Å². The first-order valence-electron chi connectivity index (χ1n) is 15.4. The van der Waals surface area contributed by atoms with Crippen LogP contribution in [0.4, 0.5) is 4.79 Å². The molecule has 0 aromatic heterocycles. The highest BCUT2D eigenvalue weighted by atomic mass is 16.7. The molecular formula is C31H41N5O10. The minimum atomic E-state index is -1.17. The fourth-order valence-electron chi connectivity index (χ4n) is 6.08. The monoisotopic (exact) mass is 643 g/mol. The molecule has 5 atom stereocenters. The van der Waals surface area contributed by atoms with Crippen LogP contribution in [0.1, 0.15) is 65.4 Å². The number of ether oxygens (including phenoxy) is 4. The molecule has 15 heteroatoms. The summed E-state index contributed by atoms with van der Waals surface area (Å²) in [5.74, 6) is -2.12. The first kappa shape index (κ1) is 33.0. The molecule has 4 amide bonds. The van der Waals surface area contributed by atoms with Crippen LogP contribution in [0.25, 0.3) is 0 Å². The molecule has 0 aliphatic carbocycles. The van der Waals surface area contributed by atoms with Crippen molar-refractivity contribution in [3.63, 3.8) is 0 Å². The number of Topliss-reactive ketones (excluding diaryl/α,β-unsaturated/α-hetero) is 1. The quantitative estimate of drug-likeness (QED) is 0.311. The van der Waals surface area contributed by atoms with Crippen LogP contribution in [0.15, 0.2) is 23.4 Å². The molecule has 2 fully saturated rings. The number of likely N-dealkylation sites (tertiary alicyclic amines) is 1. The van der Waals surface area contributed by atoms with E-state index < -0.39 is 64.8 Å². The van der Waals surface area contributed by atoms with E-state index in [-0.39, 0.29) is 39.2 Å². The van der Waals surface area contributed by atoms with Gasteiger partial charge in [0.15, 0.2) is 17.1 Å². The molecule has 0 radical (unpaired) electrons. The number of fused-ring (bicyclic) bond motifs is 1. The van der Waals surface area contributed by atoms with Gasteiger partial charge in [0.25, 0.3) is 5.91 Å².